The van der Waals surface area contributed by atoms with Crippen LogP contribution in [0.15, 0.2) is 52.6 Å². The fraction of sp³-hybridized carbons (Fsp3) is 0.489. The molecule has 5 aromatic rings. The van der Waals surface area contributed by atoms with E-state index in [4.69, 9.17) is 0 Å². The van der Waals surface area contributed by atoms with Gasteiger partial charge in [0.1, 0.15) is 0 Å². The maximum Gasteiger partial charge on any atom is 0.0373 e. The lowest BCUT2D eigenvalue weighted by Gasteiger charge is -2.29. The molecule has 0 nitrogen and oxygen atoms in total. The van der Waals surface area contributed by atoms with Crippen LogP contribution in [0.1, 0.15) is 353 Å². The number of halogens is 9. The monoisotopic (exact) mass is 1920 g/mol. The smallest absolute Gasteiger partial charge is 0.0373 e. The van der Waals surface area contributed by atoms with E-state index in [-0.39, 0.29) is 0 Å². The molecule has 0 aliphatic rings. The summed E-state index contributed by atoms with van der Waals surface area (Å²) in [6, 6.07) is 0. The number of hydrogen-bond acceptors (Lipinski definition) is 0. The molecule has 548 valence electrons. The van der Waals surface area contributed by atoms with Crippen molar-refractivity contribution < 1.29 is 0 Å². The Hall–Kier alpha value is -1.66. The van der Waals surface area contributed by atoms with E-state index < -0.39 is 0 Å². The third-order valence-corrected chi connectivity index (χ3v) is 23.5. The topological polar surface area (TPSA) is 0 Å². The molecule has 99 heavy (non-hydrogen) atoms. The van der Waals surface area contributed by atoms with Crippen molar-refractivity contribution in [3.63, 3.8) is 0 Å². The number of benzene rings is 5. The minimum absolute atomic E-state index is 0.336. The van der Waals surface area contributed by atoms with Crippen molar-refractivity contribution in [3.05, 3.63) is 220 Å². The maximum atomic E-state index is 4.14. The van der Waals surface area contributed by atoms with Gasteiger partial charge in [-0.3, -0.25) is 0 Å². The fourth-order valence-corrected chi connectivity index (χ4v) is 20.8. The van der Waals surface area contributed by atoms with Crippen molar-refractivity contribution in [3.8, 4) is 0 Å². The van der Waals surface area contributed by atoms with Crippen LogP contribution in [0, 0.1) is 0 Å². The molecule has 0 aromatic heterocycles. The number of hydrogen-bond donors (Lipinski definition) is 0. The Kier molecular flexibility index (Phi) is 45.4. The predicted octanol–water partition coefficient (Wildman–Crippen LogP) is 33.6. The van der Waals surface area contributed by atoms with Gasteiger partial charge < -0.3 is 0 Å². The zero-order chi connectivity index (χ0) is 76.4. The SMILES string of the molecule is C=Cc1c(CC)c(C(=C)Br)c(CC)c([C@@H](C)Br)c1CC.C=Cc1c(CC)c(C=C)c(CC)c(C(=C)Br)c1CC.C=Cc1c(CC)c(C=C)c(CC)c(C=C)c1CC.CCc1c([C@H](C)Br)c(CC)c([C@@H](C)Br)c(CC)c1[C@@H](C)Br.CCc1c([C@H](C)Br)c(CC)c([C@@H](C)Br)c(CC)c1[C@@H](C)Br. The largest absolute Gasteiger partial charge is 0.0984 e. The van der Waals surface area contributed by atoms with Crippen molar-refractivity contribution in [1.29, 1.82) is 0 Å². The number of alkyl halides is 7. The van der Waals surface area contributed by atoms with E-state index >= 15 is 0 Å². The van der Waals surface area contributed by atoms with Gasteiger partial charge in [0.15, 0.2) is 0 Å². The highest BCUT2D eigenvalue weighted by atomic mass is 79.9. The highest BCUT2D eigenvalue weighted by molar-refractivity contribution is 9.15. The molecule has 0 unspecified atom stereocenters. The van der Waals surface area contributed by atoms with Crippen LogP contribution >= 0.6 is 143 Å². The summed E-state index contributed by atoms with van der Waals surface area (Å²) in [6.45, 7) is 81.5. The van der Waals surface area contributed by atoms with Gasteiger partial charge in [0.25, 0.3) is 0 Å². The van der Waals surface area contributed by atoms with E-state index in [0.717, 1.165) is 105 Å². The van der Waals surface area contributed by atoms with Crippen LogP contribution in [-0.4, -0.2) is 0 Å². The molecule has 7 atom stereocenters. The van der Waals surface area contributed by atoms with Gasteiger partial charge in [-0.25, -0.2) is 0 Å². The third-order valence-electron chi connectivity index (χ3n) is 19.5. The lowest BCUT2D eigenvalue weighted by molar-refractivity contribution is 0.870. The Bertz CT molecular complexity index is 3180. The average Bonchev–Trinajstić information content (AvgIpc) is 0.790. The van der Waals surface area contributed by atoms with Crippen molar-refractivity contribution in [2.45, 2.75) is 282 Å². The van der Waals surface area contributed by atoms with Gasteiger partial charge in [-0.15, -0.1) is 0 Å². The van der Waals surface area contributed by atoms with E-state index in [1.807, 2.05) is 36.5 Å². The summed E-state index contributed by atoms with van der Waals surface area (Å²) in [5.41, 5.74) is 42.3. The second-order valence-electron chi connectivity index (χ2n) is 25.0. The lowest BCUT2D eigenvalue weighted by Crippen LogP contribution is -2.14. The Morgan fingerprint density at radius 1 is 0.222 bits per heavy atom. The predicted molar refractivity (Wildman–Crippen MR) is 491 cm³/mol. The van der Waals surface area contributed by atoms with E-state index in [1.165, 1.54) is 167 Å². The minimum Gasteiger partial charge on any atom is -0.0984 e. The molecule has 0 spiro atoms. The first kappa shape index (κ1) is 95.4. The highest BCUT2D eigenvalue weighted by Gasteiger charge is 2.30. The fourth-order valence-electron chi connectivity index (χ4n) is 16.0. The summed E-state index contributed by atoms with van der Waals surface area (Å²) in [6.07, 6.45) is 27.5. The summed E-state index contributed by atoms with van der Waals surface area (Å²) >= 11 is 34.1. The Morgan fingerprint density at radius 2 is 0.343 bits per heavy atom. The Balaban J connectivity index is 0.000000619. The molecule has 0 amide bonds. The molecule has 5 rings (SSSR count). The third kappa shape index (κ3) is 22.2. The molecule has 0 heterocycles. The van der Waals surface area contributed by atoms with Crippen molar-refractivity contribution in [2.24, 2.45) is 0 Å². The van der Waals surface area contributed by atoms with Crippen LogP contribution in [0.25, 0.3) is 45.4 Å². The molecule has 0 aliphatic heterocycles. The highest BCUT2D eigenvalue weighted by Crippen LogP contribution is 2.48. The normalized spacial score (nSPS) is 13.0. The van der Waals surface area contributed by atoms with Crippen molar-refractivity contribution in [2.75, 3.05) is 0 Å². The standard InChI is InChI=1S/2C18H27Br3.C18H24Br2.C18H23Br.C18H24/c2*1-7-13-16(10(4)19)14(8-2)18(12(6)21)15(9-3)17(13)11(5)20;1-7-13-14(8-2)17(11(5)19)16(10-4)18(12(6)20)15(13)9-3;1-7-13-14(8-2)16(10-4)18(12(6)19)17(11-5)15(13)9-3;1-7-13-14(8-2)16(10-4)18(12-6)17(11-5)15(13)9-3/h2*10-12H,7-9H2,1-6H3;7,12H,1,5,8-10H2,2-4,6H3;8-9H,2-3,6-7,10-11H2,1,4-5H3;7,10-11H,1,4-5,8-9,12H2,2-3,6H3/t2*10-,11-,12+;12-;;/m111../s1. The summed E-state index contributed by atoms with van der Waals surface area (Å²) in [5.74, 6) is 0. The van der Waals surface area contributed by atoms with Gasteiger partial charge in [0.2, 0.25) is 0 Å². The second kappa shape index (κ2) is 47.1. The van der Waals surface area contributed by atoms with Gasteiger partial charge in [0, 0.05) is 42.8 Å². The van der Waals surface area contributed by atoms with Gasteiger partial charge in [0.05, 0.1) is 0 Å². The molecule has 0 N–H and O–H groups in total. The molecule has 0 bridgehead atoms. The van der Waals surface area contributed by atoms with Gasteiger partial charge in [-0.1, -0.05) is 336 Å². The first-order valence-electron chi connectivity index (χ1n) is 36.8. The summed E-state index contributed by atoms with van der Waals surface area (Å²) < 4.78 is 1.93. The number of rotatable bonds is 30. The Labute approximate surface area is 683 Å². The molecular formula is C90H125Br9. The van der Waals surface area contributed by atoms with Crippen LogP contribution in [0.4, 0.5) is 0 Å². The van der Waals surface area contributed by atoms with Crippen molar-refractivity contribution in [1.82, 2.24) is 0 Å². The van der Waals surface area contributed by atoms with Crippen LogP contribution in [-0.2, 0) is 96.3 Å². The zero-order valence-electron chi connectivity index (χ0n) is 65.2. The zero-order valence-corrected chi connectivity index (χ0v) is 79.4. The van der Waals surface area contributed by atoms with E-state index in [2.05, 4.69) is 348 Å². The van der Waals surface area contributed by atoms with Gasteiger partial charge >= 0.3 is 0 Å². The first-order chi connectivity index (χ1) is 46.8. The summed E-state index contributed by atoms with van der Waals surface area (Å²) in [4.78, 5) is 2.69. The van der Waals surface area contributed by atoms with E-state index in [0.29, 0.717) is 33.8 Å². The maximum absolute atomic E-state index is 4.14. The molecule has 0 fully saturated rings. The van der Waals surface area contributed by atoms with Gasteiger partial charge in [-0.05, 0) is 312 Å². The van der Waals surface area contributed by atoms with Crippen LogP contribution < -0.4 is 0 Å². The van der Waals surface area contributed by atoms with Crippen molar-refractivity contribution >= 4 is 189 Å². The van der Waals surface area contributed by atoms with Crippen LogP contribution in [0.2, 0.25) is 0 Å². The molecule has 9 heteroatoms. The molecule has 0 aliphatic carbocycles. The molecule has 0 radical (unpaired) electrons. The van der Waals surface area contributed by atoms with E-state index in [1.54, 1.807) is 0 Å². The van der Waals surface area contributed by atoms with Crippen LogP contribution in [0.5, 0.6) is 0 Å². The minimum atomic E-state index is 0.336. The van der Waals surface area contributed by atoms with Crippen LogP contribution in [0.3, 0.4) is 0 Å². The first-order valence-corrected chi connectivity index (χ1v) is 44.8. The lowest BCUT2D eigenvalue weighted by atomic mass is 9.81. The second-order valence-corrected chi connectivity index (χ2v) is 36.5. The molecule has 5 aromatic carbocycles. The summed E-state index contributed by atoms with van der Waals surface area (Å²) in [7, 11) is 0. The molecule has 0 saturated heterocycles. The molecular weight excluding hydrogens is 1800 g/mol. The van der Waals surface area contributed by atoms with Gasteiger partial charge in [-0.2, -0.15) is 0 Å². The Morgan fingerprint density at radius 3 is 0.465 bits per heavy atom. The summed E-state index contributed by atoms with van der Waals surface area (Å²) in [5, 5.41) is 0. The average molecular weight is 1930 g/mol. The van der Waals surface area contributed by atoms with E-state index in [9.17, 15) is 0 Å². The quantitative estimate of drug-likeness (QED) is 0.0402. The molecule has 0 saturated carbocycles.